The second-order valence-corrected chi connectivity index (χ2v) is 15.3. The van der Waals surface area contributed by atoms with E-state index in [4.69, 9.17) is 19.4 Å². The number of ether oxygens (including phenoxy) is 2. The number of esters is 1. The molecule has 19 heteroatoms. The first-order valence-electron chi connectivity index (χ1n) is 22.1. The van der Waals surface area contributed by atoms with Gasteiger partial charge in [-0.05, 0) is 129 Å². The standard InChI is InChI=1S/C50H54N10O9/c1-5-60(6-2)42-22-15-37-32-43(50(66)69-45(37)33-42)47(63)54-38-16-10-34(11-17-38)9-12-36(25-28-61)49(65)68-31-30-67-29-27-52-48(64)44(8-7-26-53-58-51)55-46(62)35-13-18-39(19-14-35)56-57-40-20-23-41(24-21-40)59(3)4/h9-25,28,32-33,44H,5-8,26-27,29-31H2,1-4H3,(H,52,64)(H,54,63)(H,55,62)/b12-9+,36-25+,57-56?. The summed E-state index contributed by atoms with van der Waals surface area (Å²) in [4.78, 5) is 83.0. The topological polar surface area (TPSA) is 250 Å². The van der Waals surface area contributed by atoms with Gasteiger partial charge in [0.25, 0.3) is 11.8 Å². The van der Waals surface area contributed by atoms with Crippen LogP contribution in [0.2, 0.25) is 0 Å². The molecule has 1 atom stereocenters. The Morgan fingerprint density at radius 2 is 1.52 bits per heavy atom. The lowest BCUT2D eigenvalue weighted by atomic mass is 10.1. The predicted octanol–water partition coefficient (Wildman–Crippen LogP) is 8.08. The molecule has 0 saturated carbocycles. The first kappa shape index (κ1) is 51.6. The van der Waals surface area contributed by atoms with Crippen molar-refractivity contribution < 1.29 is 37.9 Å². The average Bonchev–Trinajstić information content (AvgIpc) is 3.35. The van der Waals surface area contributed by atoms with Gasteiger partial charge in [-0.1, -0.05) is 23.3 Å². The summed E-state index contributed by atoms with van der Waals surface area (Å²) in [5, 5.41) is 20.7. The van der Waals surface area contributed by atoms with Crippen LogP contribution in [0, 0.1) is 0 Å². The van der Waals surface area contributed by atoms with E-state index >= 15 is 0 Å². The molecule has 0 fully saturated rings. The zero-order valence-electron chi connectivity index (χ0n) is 38.8. The number of carbonyl (C=O) groups excluding carboxylic acids is 5. The van der Waals surface area contributed by atoms with Crippen LogP contribution in [0.5, 0.6) is 0 Å². The number of hydrogen-bond acceptors (Lipinski definition) is 14. The normalized spacial score (nSPS) is 11.7. The van der Waals surface area contributed by atoms with Gasteiger partial charge in [-0.2, -0.15) is 10.2 Å². The average molecular weight is 939 g/mol. The molecule has 0 spiro atoms. The van der Waals surface area contributed by atoms with E-state index in [1.807, 2.05) is 63.2 Å². The molecule has 4 aromatic carbocycles. The molecule has 5 aromatic rings. The number of fused-ring (bicyclic) bond motifs is 1. The first-order valence-corrected chi connectivity index (χ1v) is 22.1. The van der Waals surface area contributed by atoms with E-state index in [-0.39, 0.29) is 50.5 Å². The molecule has 1 unspecified atom stereocenters. The summed E-state index contributed by atoms with van der Waals surface area (Å²) in [6, 6.07) is 26.6. The van der Waals surface area contributed by atoms with Gasteiger partial charge in [-0.15, -0.1) is 0 Å². The zero-order chi connectivity index (χ0) is 49.5. The van der Waals surface area contributed by atoms with Crippen LogP contribution in [0.25, 0.3) is 27.5 Å². The fraction of sp³-hybridized carbons (Fsp3) is 0.280. The number of azo groups is 1. The van der Waals surface area contributed by atoms with Crippen LogP contribution in [0.15, 0.2) is 139 Å². The number of nitrogens with one attached hydrogen (secondary N) is 3. The Kier molecular flexibility index (Phi) is 19.9. The van der Waals surface area contributed by atoms with E-state index in [0.717, 1.165) is 30.5 Å². The van der Waals surface area contributed by atoms with Crippen molar-refractivity contribution >= 4 is 75.5 Å². The van der Waals surface area contributed by atoms with E-state index in [2.05, 4.69) is 41.1 Å². The van der Waals surface area contributed by atoms with Crippen molar-refractivity contribution in [2.24, 2.45) is 15.3 Å². The number of carbonyl (C=O) groups is 5. The number of nitrogens with zero attached hydrogens (tertiary/aromatic N) is 7. The quantitative estimate of drug-likeness (QED) is 0.00581. The van der Waals surface area contributed by atoms with E-state index in [1.54, 1.807) is 66.7 Å². The molecule has 0 radical (unpaired) electrons. The van der Waals surface area contributed by atoms with Gasteiger partial charge in [0.1, 0.15) is 30.1 Å². The van der Waals surface area contributed by atoms with Crippen LogP contribution in [0.3, 0.4) is 0 Å². The number of anilines is 3. The van der Waals surface area contributed by atoms with Crippen LogP contribution < -0.4 is 31.4 Å². The van der Waals surface area contributed by atoms with Crippen molar-refractivity contribution in [3.05, 3.63) is 152 Å². The van der Waals surface area contributed by atoms with Crippen molar-refractivity contribution in [2.75, 3.05) is 75.2 Å². The van der Waals surface area contributed by atoms with Crippen molar-refractivity contribution in [3.8, 4) is 0 Å². The molecule has 5 rings (SSSR count). The molecule has 1 heterocycles. The molecule has 0 aliphatic heterocycles. The highest BCUT2D eigenvalue weighted by Gasteiger charge is 2.21. The van der Waals surface area contributed by atoms with Crippen molar-refractivity contribution in [2.45, 2.75) is 32.7 Å². The number of rotatable bonds is 25. The zero-order valence-corrected chi connectivity index (χ0v) is 38.8. The Morgan fingerprint density at radius 3 is 2.17 bits per heavy atom. The highest BCUT2D eigenvalue weighted by Crippen LogP contribution is 2.24. The van der Waals surface area contributed by atoms with Gasteiger partial charge in [-0.3, -0.25) is 19.2 Å². The van der Waals surface area contributed by atoms with Crippen LogP contribution in [0.4, 0.5) is 28.4 Å². The molecule has 0 saturated heterocycles. The number of azide groups is 1. The maximum absolute atomic E-state index is 13.1. The fourth-order valence-electron chi connectivity index (χ4n) is 6.65. The number of hydrogen-bond donors (Lipinski definition) is 3. The molecule has 3 N–H and O–H groups in total. The Bertz CT molecular complexity index is 2760. The summed E-state index contributed by atoms with van der Waals surface area (Å²) in [5.74, 6) is -2.37. The highest BCUT2D eigenvalue weighted by molar-refractivity contribution is 6.05. The van der Waals surface area contributed by atoms with Gasteiger partial charge in [-0.25, -0.2) is 9.59 Å². The third-order valence-electron chi connectivity index (χ3n) is 10.4. The second kappa shape index (κ2) is 26.7. The molecule has 3 amide bonds. The monoisotopic (exact) mass is 938 g/mol. The van der Waals surface area contributed by atoms with E-state index in [0.29, 0.717) is 51.9 Å². The lowest BCUT2D eigenvalue weighted by Crippen LogP contribution is -2.47. The van der Waals surface area contributed by atoms with Gasteiger partial charge in [0.2, 0.25) is 5.91 Å². The predicted molar refractivity (Wildman–Crippen MR) is 264 cm³/mol. The Labute approximate surface area is 398 Å². The van der Waals surface area contributed by atoms with Crippen LogP contribution >= 0.6 is 0 Å². The van der Waals surface area contributed by atoms with Crippen molar-refractivity contribution in [1.29, 1.82) is 0 Å². The summed E-state index contributed by atoms with van der Waals surface area (Å²) in [5.41, 5.74) is 12.6. The minimum Gasteiger partial charge on any atom is -0.460 e. The number of allylic oxidation sites excluding steroid dienone is 1. The number of amides is 3. The minimum absolute atomic E-state index is 0.0176. The maximum atomic E-state index is 13.1. The summed E-state index contributed by atoms with van der Waals surface area (Å²) < 4.78 is 16.3. The van der Waals surface area contributed by atoms with Crippen molar-refractivity contribution in [3.63, 3.8) is 0 Å². The maximum Gasteiger partial charge on any atom is 0.349 e. The molecular weight excluding hydrogens is 885 g/mol. The molecule has 1 aromatic heterocycles. The smallest absolute Gasteiger partial charge is 0.349 e. The van der Waals surface area contributed by atoms with Gasteiger partial charge >= 0.3 is 11.6 Å². The summed E-state index contributed by atoms with van der Waals surface area (Å²) in [7, 11) is 3.89. The molecule has 19 nitrogen and oxygen atoms in total. The Morgan fingerprint density at radius 1 is 0.841 bits per heavy atom. The highest BCUT2D eigenvalue weighted by atomic mass is 16.6. The molecule has 0 aliphatic rings. The third-order valence-corrected chi connectivity index (χ3v) is 10.4. The van der Waals surface area contributed by atoms with E-state index in [9.17, 15) is 28.8 Å². The second-order valence-electron chi connectivity index (χ2n) is 15.3. The van der Waals surface area contributed by atoms with Crippen LogP contribution in [-0.2, 0) is 23.9 Å². The summed E-state index contributed by atoms with van der Waals surface area (Å²) in [6.07, 6.45) is 5.04. The summed E-state index contributed by atoms with van der Waals surface area (Å²) >= 11 is 0. The number of benzene rings is 4. The van der Waals surface area contributed by atoms with E-state index < -0.39 is 35.4 Å². The SMILES string of the molecule is CCN(CC)c1ccc2cc(C(=O)Nc3ccc(/C=C/C(=C\C=O)C(=O)OCCOCCNC(=O)C(CCCN=[N+]=[N-])NC(=O)c4ccc(N=Nc5ccc(N(C)C)cc5)cc4)cc3)c(=O)oc2c1. The molecule has 358 valence electrons. The van der Waals surface area contributed by atoms with Gasteiger partial charge in [0.05, 0.1) is 30.2 Å². The first-order chi connectivity index (χ1) is 33.4. The molecule has 0 aliphatic carbocycles. The Balaban J connectivity index is 1.04. The lowest BCUT2D eigenvalue weighted by molar-refractivity contribution is -0.140. The molecular formula is C50H54N10O9. The number of aldehydes is 1. The van der Waals surface area contributed by atoms with Gasteiger partial charge < -0.3 is 39.6 Å². The van der Waals surface area contributed by atoms with Crippen LogP contribution in [0.1, 0.15) is 53.0 Å². The third kappa shape index (κ3) is 15.9. The van der Waals surface area contributed by atoms with Crippen LogP contribution in [-0.4, -0.2) is 96.1 Å². The summed E-state index contributed by atoms with van der Waals surface area (Å²) in [6.45, 7) is 5.74. The molecule has 0 bridgehead atoms. The van der Waals surface area contributed by atoms with E-state index in [1.165, 1.54) is 12.1 Å². The van der Waals surface area contributed by atoms with Gasteiger partial charge in [0, 0.05) is 79.3 Å². The largest absolute Gasteiger partial charge is 0.460 e. The minimum atomic E-state index is -0.940. The molecule has 69 heavy (non-hydrogen) atoms. The van der Waals surface area contributed by atoms with Gasteiger partial charge in [0.15, 0.2) is 0 Å². The fourth-order valence-corrected chi connectivity index (χ4v) is 6.65. The Hall–Kier alpha value is -8.41. The lowest BCUT2D eigenvalue weighted by Gasteiger charge is -2.21. The van der Waals surface area contributed by atoms with Crippen molar-refractivity contribution in [1.82, 2.24) is 10.6 Å².